The molecule has 0 saturated carbocycles. The van der Waals surface area contributed by atoms with E-state index in [1.807, 2.05) is 6.92 Å². The van der Waals surface area contributed by atoms with Crippen LogP contribution in [0.4, 0.5) is 5.69 Å². The number of hydrogen-bond donors (Lipinski definition) is 1. The number of aryl methyl sites for hydroxylation is 1. The molecule has 2 aromatic carbocycles. The summed E-state index contributed by atoms with van der Waals surface area (Å²) in [5, 5.41) is 8.23. The minimum absolute atomic E-state index is 0.0440. The van der Waals surface area contributed by atoms with Crippen molar-refractivity contribution in [3.63, 3.8) is 0 Å². The largest absolute Gasteiger partial charge is 0.492 e. The van der Waals surface area contributed by atoms with Gasteiger partial charge in [-0.2, -0.15) is 0 Å². The molecule has 0 aliphatic heterocycles. The van der Waals surface area contributed by atoms with Crippen molar-refractivity contribution in [1.29, 1.82) is 0 Å². The van der Waals surface area contributed by atoms with Gasteiger partial charge in [-0.1, -0.05) is 15.9 Å². The van der Waals surface area contributed by atoms with Crippen LogP contribution in [-0.4, -0.2) is 34.8 Å². The van der Waals surface area contributed by atoms with Gasteiger partial charge in [-0.3, -0.25) is 9.29 Å². The van der Waals surface area contributed by atoms with Crippen molar-refractivity contribution in [2.24, 2.45) is 0 Å². The number of hydrogen-bond acceptors (Lipinski definition) is 7. The summed E-state index contributed by atoms with van der Waals surface area (Å²) in [6, 6.07) is 14.8. The first-order valence-corrected chi connectivity index (χ1v) is 12.2. The van der Waals surface area contributed by atoms with Gasteiger partial charge in [0, 0.05) is 28.6 Å². The predicted molar refractivity (Wildman–Crippen MR) is 127 cm³/mol. The Kier molecular flexibility index (Phi) is 6.61. The Labute approximate surface area is 199 Å². The van der Waals surface area contributed by atoms with Crippen LogP contribution < -0.4 is 14.2 Å². The zero-order chi connectivity index (χ0) is 23.4. The van der Waals surface area contributed by atoms with Crippen LogP contribution in [0.5, 0.6) is 17.4 Å². The number of halogens is 1. The van der Waals surface area contributed by atoms with Crippen molar-refractivity contribution in [1.82, 2.24) is 19.7 Å². The number of benzene rings is 2. The molecule has 0 saturated heterocycles. The van der Waals surface area contributed by atoms with E-state index < -0.39 is 10.0 Å². The SMILES string of the molecule is CCOc1ccc(Br)cc1S(=O)(=O)Nc1ccc(Oc2ccc(-n3ccnc3C)nn2)cc1. The fraction of sp³-hybridized carbons (Fsp3) is 0.136. The number of imidazole rings is 1. The molecule has 0 atom stereocenters. The summed E-state index contributed by atoms with van der Waals surface area (Å²) in [7, 11) is -3.87. The Morgan fingerprint density at radius 3 is 2.48 bits per heavy atom. The minimum atomic E-state index is -3.87. The molecule has 2 aromatic heterocycles. The maximum Gasteiger partial charge on any atom is 0.265 e. The summed E-state index contributed by atoms with van der Waals surface area (Å²) < 4.78 is 42.0. The number of sulfonamides is 1. The number of rotatable bonds is 8. The molecule has 0 fully saturated rings. The molecular weight excluding hydrogens is 510 g/mol. The molecule has 170 valence electrons. The third-order valence-electron chi connectivity index (χ3n) is 4.52. The van der Waals surface area contributed by atoms with Gasteiger partial charge >= 0.3 is 0 Å². The molecule has 33 heavy (non-hydrogen) atoms. The summed E-state index contributed by atoms with van der Waals surface area (Å²) in [5.74, 6) is 2.49. The third kappa shape index (κ3) is 5.32. The highest BCUT2D eigenvalue weighted by molar-refractivity contribution is 9.10. The topological polar surface area (TPSA) is 108 Å². The van der Waals surface area contributed by atoms with E-state index in [1.165, 1.54) is 6.07 Å². The molecule has 11 heteroatoms. The van der Waals surface area contributed by atoms with Gasteiger partial charge in [0.2, 0.25) is 5.88 Å². The molecule has 0 spiro atoms. The fourth-order valence-corrected chi connectivity index (χ4v) is 4.75. The van der Waals surface area contributed by atoms with E-state index in [4.69, 9.17) is 9.47 Å². The second-order valence-corrected chi connectivity index (χ2v) is 9.40. The van der Waals surface area contributed by atoms with Crippen molar-refractivity contribution in [2.75, 3.05) is 11.3 Å². The van der Waals surface area contributed by atoms with Gasteiger partial charge in [-0.05, 0) is 62.4 Å². The summed E-state index contributed by atoms with van der Waals surface area (Å²) in [6.45, 7) is 4.01. The van der Waals surface area contributed by atoms with Crippen LogP contribution in [0.25, 0.3) is 5.82 Å². The van der Waals surface area contributed by atoms with Crippen LogP contribution in [0.2, 0.25) is 0 Å². The maximum atomic E-state index is 12.9. The van der Waals surface area contributed by atoms with Crippen molar-refractivity contribution >= 4 is 31.6 Å². The van der Waals surface area contributed by atoms with Crippen LogP contribution in [-0.2, 0) is 10.0 Å². The van der Waals surface area contributed by atoms with E-state index in [0.29, 0.717) is 34.2 Å². The van der Waals surface area contributed by atoms with E-state index in [-0.39, 0.29) is 10.6 Å². The molecule has 0 unspecified atom stereocenters. The van der Waals surface area contributed by atoms with Gasteiger partial charge in [0.1, 0.15) is 22.2 Å². The lowest BCUT2D eigenvalue weighted by Crippen LogP contribution is -2.14. The lowest BCUT2D eigenvalue weighted by Gasteiger charge is -2.13. The van der Waals surface area contributed by atoms with Gasteiger partial charge in [0.15, 0.2) is 5.82 Å². The number of ether oxygens (including phenoxy) is 2. The Bertz CT molecular complexity index is 1360. The smallest absolute Gasteiger partial charge is 0.265 e. The van der Waals surface area contributed by atoms with Gasteiger partial charge in [0.05, 0.1) is 6.61 Å². The Morgan fingerprint density at radius 1 is 1.06 bits per heavy atom. The molecule has 4 rings (SSSR count). The molecule has 0 radical (unpaired) electrons. The molecule has 0 aliphatic rings. The lowest BCUT2D eigenvalue weighted by atomic mass is 10.3. The van der Waals surface area contributed by atoms with Gasteiger partial charge < -0.3 is 9.47 Å². The highest BCUT2D eigenvalue weighted by atomic mass is 79.9. The van der Waals surface area contributed by atoms with Gasteiger partial charge in [0.25, 0.3) is 10.0 Å². The number of aromatic nitrogens is 4. The van der Waals surface area contributed by atoms with E-state index >= 15 is 0 Å². The van der Waals surface area contributed by atoms with E-state index in [1.54, 1.807) is 72.4 Å². The fourth-order valence-electron chi connectivity index (χ4n) is 3.00. The predicted octanol–water partition coefficient (Wildman–Crippen LogP) is 4.73. The second-order valence-electron chi connectivity index (χ2n) is 6.83. The summed E-state index contributed by atoms with van der Waals surface area (Å²) >= 11 is 3.31. The Morgan fingerprint density at radius 2 is 1.85 bits per heavy atom. The maximum absolute atomic E-state index is 12.9. The zero-order valence-electron chi connectivity index (χ0n) is 17.8. The summed E-state index contributed by atoms with van der Waals surface area (Å²) in [4.78, 5) is 4.20. The number of nitrogens with zero attached hydrogens (tertiary/aromatic N) is 4. The van der Waals surface area contributed by atoms with Crippen molar-refractivity contribution in [3.8, 4) is 23.2 Å². The monoisotopic (exact) mass is 529 g/mol. The zero-order valence-corrected chi connectivity index (χ0v) is 20.2. The molecule has 4 aromatic rings. The van der Waals surface area contributed by atoms with Crippen molar-refractivity contribution in [2.45, 2.75) is 18.7 Å². The second kappa shape index (κ2) is 9.59. The number of nitrogens with one attached hydrogen (secondary N) is 1. The first-order valence-electron chi connectivity index (χ1n) is 9.93. The van der Waals surface area contributed by atoms with E-state index in [0.717, 1.165) is 5.82 Å². The first-order chi connectivity index (χ1) is 15.9. The van der Waals surface area contributed by atoms with Crippen molar-refractivity contribution in [3.05, 3.63) is 77.3 Å². The summed E-state index contributed by atoms with van der Waals surface area (Å²) in [5.41, 5.74) is 0.377. The van der Waals surface area contributed by atoms with Crippen molar-refractivity contribution < 1.29 is 17.9 Å². The van der Waals surface area contributed by atoms with E-state index in [9.17, 15) is 8.42 Å². The minimum Gasteiger partial charge on any atom is -0.492 e. The molecule has 0 amide bonds. The average Bonchev–Trinajstić information content (AvgIpc) is 3.22. The normalized spacial score (nSPS) is 11.2. The van der Waals surface area contributed by atoms with Gasteiger partial charge in [-0.25, -0.2) is 13.4 Å². The lowest BCUT2D eigenvalue weighted by molar-refractivity contribution is 0.331. The number of anilines is 1. The van der Waals surface area contributed by atoms with Crippen LogP contribution >= 0.6 is 15.9 Å². The summed E-state index contributed by atoms with van der Waals surface area (Å²) in [6.07, 6.45) is 3.48. The van der Waals surface area contributed by atoms with Crippen LogP contribution in [0.3, 0.4) is 0 Å². The van der Waals surface area contributed by atoms with Crippen LogP contribution in [0.15, 0.2) is 76.4 Å². The van der Waals surface area contributed by atoms with Crippen LogP contribution in [0.1, 0.15) is 12.7 Å². The average molecular weight is 530 g/mol. The quantitative estimate of drug-likeness (QED) is 0.351. The Hall–Kier alpha value is -3.44. The molecule has 0 aliphatic carbocycles. The molecule has 9 nitrogen and oxygen atoms in total. The van der Waals surface area contributed by atoms with E-state index in [2.05, 4.69) is 35.8 Å². The molecule has 1 N–H and O–H groups in total. The van der Waals surface area contributed by atoms with Gasteiger partial charge in [-0.15, -0.1) is 10.2 Å². The standard InChI is InChI=1S/C22H20BrN5O4S/c1-3-31-19-9-4-16(23)14-20(19)33(29,30)27-17-5-7-18(8-6-17)32-22-11-10-21(25-26-22)28-13-12-24-15(28)2/h4-14,27H,3H2,1-2H3. The first kappa shape index (κ1) is 22.7. The highest BCUT2D eigenvalue weighted by Gasteiger charge is 2.20. The third-order valence-corrected chi connectivity index (χ3v) is 6.42. The molecule has 2 heterocycles. The molecular formula is C22H20BrN5O4S. The molecule has 0 bridgehead atoms. The van der Waals surface area contributed by atoms with Crippen LogP contribution in [0, 0.1) is 6.92 Å². The Balaban J connectivity index is 1.47. The highest BCUT2D eigenvalue weighted by Crippen LogP contribution is 2.30.